The van der Waals surface area contributed by atoms with E-state index in [1.54, 1.807) is 22.0 Å². The molecule has 4 heterocycles. The van der Waals surface area contributed by atoms with E-state index in [1.807, 2.05) is 61.8 Å². The van der Waals surface area contributed by atoms with Crippen LogP contribution in [0.4, 0.5) is 31.2 Å². The Hall–Kier alpha value is -5.16. The number of aromatic nitrogens is 5. The van der Waals surface area contributed by atoms with Crippen molar-refractivity contribution in [1.82, 2.24) is 30.0 Å². The number of anilines is 3. The molecule has 46 heavy (non-hydrogen) atoms. The zero-order valence-electron chi connectivity index (χ0n) is 25.3. The van der Waals surface area contributed by atoms with Gasteiger partial charge in [-0.25, -0.2) is 14.8 Å². The second kappa shape index (κ2) is 13.5. The van der Waals surface area contributed by atoms with Gasteiger partial charge in [-0.2, -0.15) is 24.1 Å². The summed E-state index contributed by atoms with van der Waals surface area (Å²) in [5.74, 6) is 0.966. The average molecular weight is 629 g/mol. The third kappa shape index (κ3) is 7.21. The minimum atomic E-state index is -3.32. The average Bonchev–Trinajstić information content (AvgIpc) is 3.51. The van der Waals surface area contributed by atoms with E-state index >= 15 is 0 Å². The highest BCUT2D eigenvalue weighted by molar-refractivity contribution is 5.91. The number of rotatable bonds is 8. The number of benzene rings is 1. The minimum Gasteiger partial charge on any atom is -0.351 e. The van der Waals surface area contributed by atoms with Gasteiger partial charge in [0.2, 0.25) is 5.95 Å². The number of nitrogens with one attached hydrogen (secondary N) is 2. The molecule has 2 aliphatic rings. The van der Waals surface area contributed by atoms with Gasteiger partial charge >= 0.3 is 12.1 Å². The van der Waals surface area contributed by atoms with Crippen LogP contribution >= 0.6 is 0 Å². The largest absolute Gasteiger partial charge is 0.373 e. The van der Waals surface area contributed by atoms with E-state index in [9.17, 15) is 18.8 Å². The molecule has 12 nitrogen and oxygen atoms in total. The molecule has 1 aromatic carbocycles. The number of morpholine rings is 1. The van der Waals surface area contributed by atoms with Crippen LogP contribution in [0.25, 0.3) is 11.1 Å². The number of urea groups is 1. The zero-order chi connectivity index (χ0) is 32.1. The summed E-state index contributed by atoms with van der Waals surface area (Å²) in [5, 5.41) is 20.1. The minimum absolute atomic E-state index is 0.0155. The Morgan fingerprint density at radius 2 is 1.89 bits per heavy atom. The fourth-order valence-corrected chi connectivity index (χ4v) is 5.84. The third-order valence-electron chi connectivity index (χ3n) is 8.17. The smallest absolute Gasteiger partial charge is 0.351 e. The molecule has 0 atom stereocenters. The number of hydrogen-bond donors (Lipinski definition) is 2. The number of hydrogen-bond acceptors (Lipinski definition) is 9. The van der Waals surface area contributed by atoms with Crippen molar-refractivity contribution in [2.45, 2.75) is 50.4 Å². The molecule has 2 fully saturated rings. The number of carbonyl (C=O) groups excluding carboxylic acids is 1. The molecule has 1 aliphatic heterocycles. The number of nitriles is 1. The third-order valence-corrected chi connectivity index (χ3v) is 8.17. The van der Waals surface area contributed by atoms with Crippen LogP contribution in [-0.2, 0) is 18.3 Å². The maximum atomic E-state index is 13.9. The highest BCUT2D eigenvalue weighted by atomic mass is 19.3. The Morgan fingerprint density at radius 1 is 1.09 bits per heavy atom. The Morgan fingerprint density at radius 3 is 2.57 bits per heavy atom. The van der Waals surface area contributed by atoms with Crippen LogP contribution in [0.5, 0.6) is 0 Å². The van der Waals surface area contributed by atoms with Crippen molar-refractivity contribution < 1.29 is 18.3 Å². The second-order valence-electron chi connectivity index (χ2n) is 11.4. The number of ether oxygens (including phenoxy) is 1. The molecule has 4 aromatic rings. The number of alkyl halides is 2. The van der Waals surface area contributed by atoms with Crippen molar-refractivity contribution in [2.24, 2.45) is 7.05 Å². The van der Waals surface area contributed by atoms with E-state index in [4.69, 9.17) is 0 Å². The lowest BCUT2D eigenvalue weighted by Crippen LogP contribution is -2.49. The molecule has 2 N–H and O–H groups in total. The quantitative estimate of drug-likeness (QED) is 0.284. The van der Waals surface area contributed by atoms with Gasteiger partial charge in [0, 0.05) is 55.7 Å². The summed E-state index contributed by atoms with van der Waals surface area (Å²) in [6.07, 6.45) is 6.23. The summed E-state index contributed by atoms with van der Waals surface area (Å²) in [4.78, 5) is 30.2. The second-order valence-corrected chi connectivity index (χ2v) is 11.4. The fourth-order valence-electron chi connectivity index (χ4n) is 5.84. The molecule has 2 amide bonds. The van der Waals surface area contributed by atoms with Crippen LogP contribution in [-0.4, -0.2) is 68.7 Å². The Balaban J connectivity index is 1.15. The van der Waals surface area contributed by atoms with E-state index in [1.165, 1.54) is 11.1 Å². The Labute approximate surface area is 265 Å². The maximum absolute atomic E-state index is 13.9. The van der Waals surface area contributed by atoms with Gasteiger partial charge < -0.3 is 20.3 Å². The molecule has 0 spiro atoms. The van der Waals surface area contributed by atoms with Gasteiger partial charge in [-0.15, -0.1) is 0 Å². The number of carbonyl (C=O) groups is 1. The van der Waals surface area contributed by atoms with Gasteiger partial charge in [0.25, 0.3) is 0 Å². The monoisotopic (exact) mass is 628 g/mol. The molecular formula is C32H34F2N10O2. The molecule has 0 radical (unpaired) electrons. The van der Waals surface area contributed by atoms with Crippen LogP contribution in [0.3, 0.4) is 0 Å². The van der Waals surface area contributed by atoms with Gasteiger partial charge in [0.05, 0.1) is 19.0 Å². The predicted molar refractivity (Wildman–Crippen MR) is 167 cm³/mol. The summed E-state index contributed by atoms with van der Waals surface area (Å²) in [6.45, 7) is -0.298. The molecule has 0 unspecified atom stereocenters. The maximum Gasteiger partial charge on any atom is 0.373 e. The SMILES string of the molecule is Cn1cc(-c2ccc(N(C(=O)NCc3ccccc3)[C@H]3CC[C@H](Nc4ncc(C#N)c(N5CCOC(F)(F)C5)n4)CC3)nc2)cn1. The lowest BCUT2D eigenvalue weighted by atomic mass is 9.90. The number of pyridine rings is 1. The molecule has 238 valence electrons. The van der Waals surface area contributed by atoms with Crippen molar-refractivity contribution >= 4 is 23.6 Å². The number of halogens is 2. The number of amides is 2. The molecule has 14 heteroatoms. The normalized spacial score (nSPS) is 19.2. The molecule has 1 saturated heterocycles. The topological polar surface area (TPSA) is 137 Å². The van der Waals surface area contributed by atoms with Crippen LogP contribution in [0.1, 0.15) is 36.8 Å². The van der Waals surface area contributed by atoms with Crippen molar-refractivity contribution in [2.75, 3.05) is 34.8 Å². The molecular weight excluding hydrogens is 594 g/mol. The molecule has 1 aliphatic carbocycles. The number of nitrogens with zero attached hydrogens (tertiary/aromatic N) is 8. The molecule has 1 saturated carbocycles. The molecule has 0 bridgehead atoms. The van der Waals surface area contributed by atoms with Crippen molar-refractivity contribution in [3.05, 3.63) is 78.4 Å². The van der Waals surface area contributed by atoms with E-state index < -0.39 is 12.7 Å². The fraction of sp³-hybridized carbons (Fsp3) is 0.375. The van der Waals surface area contributed by atoms with Gasteiger partial charge in [-0.05, 0) is 43.4 Å². The number of aryl methyl sites for hydroxylation is 1. The van der Waals surface area contributed by atoms with Gasteiger partial charge in [-0.3, -0.25) is 9.58 Å². The highest BCUT2D eigenvalue weighted by Crippen LogP contribution is 2.31. The summed E-state index contributed by atoms with van der Waals surface area (Å²) in [5.41, 5.74) is 2.94. The highest BCUT2D eigenvalue weighted by Gasteiger charge is 2.38. The molecule has 6 rings (SSSR count). The van der Waals surface area contributed by atoms with Crippen LogP contribution in [0, 0.1) is 11.3 Å². The Kier molecular flexibility index (Phi) is 9.02. The van der Waals surface area contributed by atoms with E-state index in [0.29, 0.717) is 38.0 Å². The Bertz CT molecular complexity index is 1690. The standard InChI is InChI=1S/C32H34F2N10O2/c1-42-20-25(19-39-42)23-7-12-28(36-17-23)44(31(45)38-16-22-5-3-2-4-6-22)27-10-8-26(9-11-27)40-30-37-18-24(15-35)29(41-30)43-13-14-46-32(33,34)21-43/h2-7,12,17-20,26-27H,8-11,13-14,16,21H2,1H3,(H,38,45)(H,37,40,41)/t26-,27-. The van der Waals surface area contributed by atoms with E-state index in [-0.39, 0.29) is 48.6 Å². The lowest BCUT2D eigenvalue weighted by Gasteiger charge is -2.36. The summed E-state index contributed by atoms with van der Waals surface area (Å²) < 4.78 is 34.1. The van der Waals surface area contributed by atoms with Crippen molar-refractivity contribution in [3.63, 3.8) is 0 Å². The summed E-state index contributed by atoms with van der Waals surface area (Å²) in [7, 11) is 1.85. The summed E-state index contributed by atoms with van der Waals surface area (Å²) >= 11 is 0. The predicted octanol–water partition coefficient (Wildman–Crippen LogP) is 4.71. The molecule has 3 aromatic heterocycles. The van der Waals surface area contributed by atoms with Crippen LogP contribution in [0.2, 0.25) is 0 Å². The van der Waals surface area contributed by atoms with Gasteiger partial charge in [-0.1, -0.05) is 30.3 Å². The van der Waals surface area contributed by atoms with Crippen LogP contribution in [0.15, 0.2) is 67.3 Å². The lowest BCUT2D eigenvalue weighted by molar-refractivity contribution is -0.240. The van der Waals surface area contributed by atoms with Crippen LogP contribution < -0.4 is 20.4 Å². The first kappa shape index (κ1) is 30.8. The van der Waals surface area contributed by atoms with Crippen molar-refractivity contribution in [3.8, 4) is 17.2 Å². The van der Waals surface area contributed by atoms with E-state index in [0.717, 1.165) is 16.7 Å². The zero-order valence-corrected chi connectivity index (χ0v) is 25.3. The van der Waals surface area contributed by atoms with Gasteiger partial charge in [0.15, 0.2) is 5.82 Å². The van der Waals surface area contributed by atoms with Crippen molar-refractivity contribution in [1.29, 1.82) is 5.26 Å². The first-order chi connectivity index (χ1) is 22.3. The van der Waals surface area contributed by atoms with Gasteiger partial charge in [0.1, 0.15) is 24.0 Å². The first-order valence-corrected chi connectivity index (χ1v) is 15.1. The van der Waals surface area contributed by atoms with E-state index in [2.05, 4.69) is 35.4 Å². The first-order valence-electron chi connectivity index (χ1n) is 15.1. The summed E-state index contributed by atoms with van der Waals surface area (Å²) in [6, 6.07) is 15.2.